The Labute approximate surface area is 227 Å². The lowest BCUT2D eigenvalue weighted by atomic mass is 10.2. The van der Waals surface area contributed by atoms with E-state index >= 15 is 0 Å². The Morgan fingerprint density at radius 2 is 1.12 bits per heavy atom. The van der Waals surface area contributed by atoms with Crippen molar-refractivity contribution in [2.45, 2.75) is 46.0 Å². The lowest BCUT2D eigenvalue weighted by Crippen LogP contribution is -2.25. The molecule has 2 aromatic heterocycles. The fraction of sp³-hybridized carbons (Fsp3) is 0.310. The molecule has 4 rings (SSSR count). The number of rotatable bonds is 10. The number of carbonyl (C=O) groups is 2. The van der Waals surface area contributed by atoms with Crippen LogP contribution in [0.4, 0.5) is 0 Å². The lowest BCUT2D eigenvalue weighted by Gasteiger charge is -2.15. The molecular weight excluding hydrogens is 524 g/mol. The molecule has 1 N–H and O–H groups in total. The molecule has 0 aliphatic heterocycles. The van der Waals surface area contributed by atoms with E-state index in [1.165, 1.54) is 24.3 Å². The van der Waals surface area contributed by atoms with Crippen molar-refractivity contribution in [2.75, 3.05) is 13.2 Å². The van der Waals surface area contributed by atoms with E-state index in [4.69, 9.17) is 27.8 Å². The summed E-state index contributed by atoms with van der Waals surface area (Å²) in [5.41, 5.74) is -0.800. The Balaban J connectivity index is 1.46. The maximum absolute atomic E-state index is 12.7. The Hall–Kier alpha value is -4.64. The number of fused-ring (bicyclic) bond motifs is 2. The molecule has 0 aliphatic rings. The molecule has 0 saturated heterocycles. The van der Waals surface area contributed by atoms with Crippen molar-refractivity contribution in [3.8, 4) is 11.5 Å². The highest BCUT2D eigenvalue weighted by Gasteiger charge is 2.20. The monoisotopic (exact) mass is 552 g/mol. The predicted molar refractivity (Wildman–Crippen MR) is 143 cm³/mol. The third-order valence-corrected chi connectivity index (χ3v) is 5.38. The summed E-state index contributed by atoms with van der Waals surface area (Å²) in [5.74, 6) is -1.72. The molecule has 11 nitrogen and oxygen atoms in total. The quantitative estimate of drug-likeness (QED) is 0.286. The third kappa shape index (κ3) is 6.49. The molecule has 0 saturated carbocycles. The zero-order valence-corrected chi connectivity index (χ0v) is 22.3. The van der Waals surface area contributed by atoms with Gasteiger partial charge < -0.3 is 32.9 Å². The van der Waals surface area contributed by atoms with Crippen LogP contribution in [0.15, 0.2) is 67.0 Å². The molecule has 0 aliphatic carbocycles. The normalized spacial score (nSPS) is 11.4. The number of aliphatic hydroxyl groups is 1. The summed E-state index contributed by atoms with van der Waals surface area (Å²) in [7, 11) is 0. The standard InChI is InChI=1S/C29H28O11/c1-15(2)37-28(33)24-11-18(31)26-20(7-5-9-22(26)39-24)35-13-17(30)14-36-21-8-6-10-23-27(21)19(32)12-25(40-23)29(34)38-16(3)4/h5-12,15-17,30H,13-14H2,1-4H3. The first-order valence-corrected chi connectivity index (χ1v) is 12.5. The summed E-state index contributed by atoms with van der Waals surface area (Å²) in [5, 5.41) is 10.7. The Bertz CT molecular complexity index is 1540. The summed E-state index contributed by atoms with van der Waals surface area (Å²) >= 11 is 0. The molecule has 40 heavy (non-hydrogen) atoms. The van der Waals surface area contributed by atoms with Crippen LogP contribution < -0.4 is 20.3 Å². The first kappa shape index (κ1) is 28.4. The van der Waals surface area contributed by atoms with Crippen LogP contribution >= 0.6 is 0 Å². The minimum atomic E-state index is -1.16. The zero-order valence-electron chi connectivity index (χ0n) is 22.3. The number of benzene rings is 2. The maximum Gasteiger partial charge on any atom is 0.374 e. The summed E-state index contributed by atoms with van der Waals surface area (Å²) in [4.78, 5) is 49.8. The zero-order chi connectivity index (χ0) is 29.0. The number of hydrogen-bond acceptors (Lipinski definition) is 11. The molecular formula is C29H28O11. The van der Waals surface area contributed by atoms with E-state index < -0.39 is 28.9 Å². The molecule has 0 bridgehead atoms. The molecule has 2 aromatic carbocycles. The number of aliphatic hydroxyl groups excluding tert-OH is 1. The van der Waals surface area contributed by atoms with Gasteiger partial charge in [0, 0.05) is 12.1 Å². The van der Waals surface area contributed by atoms with Crippen LogP contribution in [0.3, 0.4) is 0 Å². The molecule has 210 valence electrons. The van der Waals surface area contributed by atoms with E-state index in [2.05, 4.69) is 0 Å². The maximum atomic E-state index is 12.7. The second-order valence-corrected chi connectivity index (χ2v) is 9.39. The Morgan fingerprint density at radius 1 is 0.725 bits per heavy atom. The van der Waals surface area contributed by atoms with Crippen LogP contribution in [0.25, 0.3) is 21.9 Å². The molecule has 0 spiro atoms. The summed E-state index contributed by atoms with van der Waals surface area (Å²) < 4.78 is 32.6. The average molecular weight is 553 g/mol. The SMILES string of the molecule is CC(C)OC(=O)c1cc(=O)c2c(OCC(O)COc3cccc4oc(C(=O)OC(C)C)cc(=O)c34)cccc2o1. The van der Waals surface area contributed by atoms with Gasteiger partial charge >= 0.3 is 11.9 Å². The Kier molecular flexibility index (Phi) is 8.54. The summed E-state index contributed by atoms with van der Waals surface area (Å²) in [6.07, 6.45) is -1.94. The smallest absolute Gasteiger partial charge is 0.374 e. The van der Waals surface area contributed by atoms with Crippen LogP contribution in [0.2, 0.25) is 0 Å². The summed E-state index contributed by atoms with van der Waals surface area (Å²) in [6, 6.07) is 11.3. The van der Waals surface area contributed by atoms with Gasteiger partial charge in [-0.25, -0.2) is 9.59 Å². The topological polar surface area (TPSA) is 152 Å². The molecule has 4 aromatic rings. The Morgan fingerprint density at radius 3 is 1.50 bits per heavy atom. The van der Waals surface area contributed by atoms with Gasteiger partial charge in [0.2, 0.25) is 11.5 Å². The van der Waals surface area contributed by atoms with Crippen molar-refractivity contribution in [3.63, 3.8) is 0 Å². The third-order valence-electron chi connectivity index (χ3n) is 5.38. The lowest BCUT2D eigenvalue weighted by molar-refractivity contribution is 0.0332. The minimum Gasteiger partial charge on any atom is -0.490 e. The molecule has 0 radical (unpaired) electrons. The van der Waals surface area contributed by atoms with Gasteiger partial charge in [0.05, 0.1) is 12.2 Å². The van der Waals surface area contributed by atoms with E-state index in [1.807, 2.05) is 0 Å². The van der Waals surface area contributed by atoms with E-state index in [9.17, 15) is 24.3 Å². The van der Waals surface area contributed by atoms with E-state index in [-0.39, 0.29) is 70.4 Å². The molecule has 0 atom stereocenters. The van der Waals surface area contributed by atoms with Crippen molar-refractivity contribution in [2.24, 2.45) is 0 Å². The van der Waals surface area contributed by atoms with E-state index in [0.29, 0.717) is 0 Å². The average Bonchev–Trinajstić information content (AvgIpc) is 2.89. The van der Waals surface area contributed by atoms with Crippen LogP contribution in [0.1, 0.15) is 48.8 Å². The fourth-order valence-electron chi connectivity index (χ4n) is 3.76. The van der Waals surface area contributed by atoms with Gasteiger partial charge in [-0.15, -0.1) is 0 Å². The predicted octanol–water partition coefficient (Wildman–Crippen LogP) is 3.85. The molecule has 0 fully saturated rings. The van der Waals surface area contributed by atoms with Crippen molar-refractivity contribution < 1.29 is 42.5 Å². The van der Waals surface area contributed by atoms with Crippen LogP contribution in [0, 0.1) is 0 Å². The largest absolute Gasteiger partial charge is 0.490 e. The number of ether oxygens (including phenoxy) is 4. The van der Waals surface area contributed by atoms with Crippen LogP contribution in [-0.4, -0.2) is 48.6 Å². The van der Waals surface area contributed by atoms with Crippen LogP contribution in [0.5, 0.6) is 11.5 Å². The highest BCUT2D eigenvalue weighted by molar-refractivity contribution is 5.91. The van der Waals surface area contributed by atoms with Gasteiger partial charge in [-0.3, -0.25) is 9.59 Å². The van der Waals surface area contributed by atoms with Crippen molar-refractivity contribution >= 4 is 33.9 Å². The van der Waals surface area contributed by atoms with E-state index in [0.717, 1.165) is 12.1 Å². The first-order valence-electron chi connectivity index (χ1n) is 12.5. The molecule has 0 unspecified atom stereocenters. The van der Waals surface area contributed by atoms with Crippen molar-refractivity contribution in [1.29, 1.82) is 0 Å². The van der Waals surface area contributed by atoms with Crippen molar-refractivity contribution in [1.82, 2.24) is 0 Å². The second kappa shape index (κ2) is 12.0. The van der Waals surface area contributed by atoms with Gasteiger partial charge in [0.15, 0.2) is 10.9 Å². The van der Waals surface area contributed by atoms with Gasteiger partial charge in [0.25, 0.3) is 0 Å². The molecule has 11 heteroatoms. The van der Waals surface area contributed by atoms with Gasteiger partial charge in [-0.2, -0.15) is 0 Å². The first-order chi connectivity index (χ1) is 19.0. The van der Waals surface area contributed by atoms with Gasteiger partial charge in [-0.05, 0) is 52.0 Å². The highest BCUT2D eigenvalue weighted by atomic mass is 16.6. The van der Waals surface area contributed by atoms with Crippen molar-refractivity contribution in [3.05, 3.63) is 80.5 Å². The summed E-state index contributed by atoms with van der Waals surface area (Å²) in [6.45, 7) is 6.18. The van der Waals surface area contributed by atoms with E-state index in [1.54, 1.807) is 39.8 Å². The number of esters is 2. The number of carbonyl (C=O) groups excluding carboxylic acids is 2. The number of hydrogen-bond donors (Lipinski definition) is 1. The highest BCUT2D eigenvalue weighted by Crippen LogP contribution is 2.26. The second-order valence-electron chi connectivity index (χ2n) is 9.39. The van der Waals surface area contributed by atoms with Crippen LogP contribution in [-0.2, 0) is 9.47 Å². The van der Waals surface area contributed by atoms with Gasteiger partial charge in [0.1, 0.15) is 52.8 Å². The molecule has 2 heterocycles. The molecule has 0 amide bonds. The minimum absolute atomic E-state index is 0.0928. The fourth-order valence-corrected chi connectivity index (χ4v) is 3.76. The van der Waals surface area contributed by atoms with Gasteiger partial charge in [-0.1, -0.05) is 12.1 Å².